The molecule has 1 fully saturated rings. The molecule has 1 saturated heterocycles. The lowest BCUT2D eigenvalue weighted by atomic mass is 10.2. The highest BCUT2D eigenvalue weighted by Crippen LogP contribution is 2.35. The summed E-state index contributed by atoms with van der Waals surface area (Å²) >= 11 is 0. The van der Waals surface area contributed by atoms with E-state index in [1.807, 2.05) is 18.2 Å². The molecule has 0 atom stereocenters. The van der Waals surface area contributed by atoms with Crippen molar-refractivity contribution in [2.75, 3.05) is 49.8 Å². The average molecular weight is 397 g/mol. The van der Waals surface area contributed by atoms with Crippen LogP contribution in [0.4, 0.5) is 16.2 Å². The number of nitrogens with one attached hydrogen (secondary N) is 1. The molecule has 2 heterocycles. The van der Waals surface area contributed by atoms with Crippen molar-refractivity contribution in [2.24, 2.45) is 0 Å². The molecule has 2 amide bonds. The first kappa shape index (κ1) is 18.9. The molecule has 2 aliphatic rings. The fraction of sp³-hybridized carbons (Fsp3) is 0.333. The first-order chi connectivity index (χ1) is 14.2. The average Bonchev–Trinajstić information content (AvgIpc) is 3.22. The maximum Gasteiger partial charge on any atom is 0.340 e. The lowest BCUT2D eigenvalue weighted by Gasteiger charge is -2.36. The molecule has 0 aliphatic carbocycles. The Balaban J connectivity index is 1.37. The highest BCUT2D eigenvalue weighted by molar-refractivity contribution is 6.00. The van der Waals surface area contributed by atoms with Crippen molar-refractivity contribution in [3.63, 3.8) is 0 Å². The molecule has 152 valence electrons. The van der Waals surface area contributed by atoms with Crippen molar-refractivity contribution in [3.05, 3.63) is 48.0 Å². The van der Waals surface area contributed by atoms with E-state index in [-0.39, 0.29) is 19.4 Å². The van der Waals surface area contributed by atoms with E-state index in [9.17, 15) is 9.59 Å². The van der Waals surface area contributed by atoms with Gasteiger partial charge >= 0.3 is 12.0 Å². The van der Waals surface area contributed by atoms with Gasteiger partial charge in [-0.15, -0.1) is 0 Å². The van der Waals surface area contributed by atoms with Gasteiger partial charge in [0.2, 0.25) is 6.79 Å². The largest absolute Gasteiger partial charge is 0.462 e. The topological polar surface area (TPSA) is 80.3 Å². The SMILES string of the molecule is CCOC(=O)c1ccccc1NC(=O)N1CCN(c2ccc3c(c2)OCO3)CC1. The van der Waals surface area contributed by atoms with Crippen LogP contribution in [0.25, 0.3) is 0 Å². The minimum absolute atomic E-state index is 0.230. The zero-order valence-corrected chi connectivity index (χ0v) is 16.2. The molecule has 2 aliphatic heterocycles. The van der Waals surface area contributed by atoms with Gasteiger partial charge in [0.15, 0.2) is 11.5 Å². The molecule has 8 nitrogen and oxygen atoms in total. The van der Waals surface area contributed by atoms with Gasteiger partial charge in [0.1, 0.15) is 0 Å². The lowest BCUT2D eigenvalue weighted by molar-refractivity contribution is 0.0527. The summed E-state index contributed by atoms with van der Waals surface area (Å²) < 4.78 is 15.9. The minimum atomic E-state index is -0.448. The number of hydrogen-bond donors (Lipinski definition) is 1. The van der Waals surface area contributed by atoms with Crippen molar-refractivity contribution < 1.29 is 23.8 Å². The summed E-state index contributed by atoms with van der Waals surface area (Å²) in [5.41, 5.74) is 1.85. The zero-order chi connectivity index (χ0) is 20.2. The van der Waals surface area contributed by atoms with Crippen LogP contribution in [0.2, 0.25) is 0 Å². The van der Waals surface area contributed by atoms with E-state index in [1.165, 1.54) is 0 Å². The Morgan fingerprint density at radius 1 is 1.03 bits per heavy atom. The molecule has 0 spiro atoms. The number of para-hydroxylation sites is 1. The normalized spacial score (nSPS) is 15.2. The molecule has 0 saturated carbocycles. The van der Waals surface area contributed by atoms with E-state index in [0.717, 1.165) is 17.2 Å². The zero-order valence-electron chi connectivity index (χ0n) is 16.2. The number of urea groups is 1. The number of carbonyl (C=O) groups excluding carboxylic acids is 2. The summed E-state index contributed by atoms with van der Waals surface area (Å²) in [6, 6.07) is 12.5. The van der Waals surface area contributed by atoms with E-state index in [1.54, 1.807) is 36.1 Å². The van der Waals surface area contributed by atoms with Gasteiger partial charge < -0.3 is 29.3 Å². The van der Waals surface area contributed by atoms with Gasteiger partial charge in [0.25, 0.3) is 0 Å². The predicted octanol–water partition coefficient (Wildman–Crippen LogP) is 2.95. The number of anilines is 2. The summed E-state index contributed by atoms with van der Waals surface area (Å²) in [6.07, 6.45) is 0. The van der Waals surface area contributed by atoms with Crippen molar-refractivity contribution in [1.82, 2.24) is 4.90 Å². The Labute approximate surface area is 168 Å². The second-order valence-electron chi connectivity index (χ2n) is 6.71. The van der Waals surface area contributed by atoms with Crippen LogP contribution in [0.1, 0.15) is 17.3 Å². The molecular formula is C21H23N3O5. The highest BCUT2D eigenvalue weighted by atomic mass is 16.7. The number of nitrogens with zero attached hydrogens (tertiary/aromatic N) is 2. The predicted molar refractivity (Wildman–Crippen MR) is 108 cm³/mol. The number of ether oxygens (including phenoxy) is 3. The van der Waals surface area contributed by atoms with Crippen LogP contribution >= 0.6 is 0 Å². The van der Waals surface area contributed by atoms with E-state index in [0.29, 0.717) is 37.4 Å². The van der Waals surface area contributed by atoms with E-state index in [4.69, 9.17) is 14.2 Å². The van der Waals surface area contributed by atoms with Crippen LogP contribution in [0.15, 0.2) is 42.5 Å². The van der Waals surface area contributed by atoms with Crippen LogP contribution in [0, 0.1) is 0 Å². The van der Waals surface area contributed by atoms with Crippen LogP contribution in [-0.4, -0.2) is 56.5 Å². The molecule has 8 heteroatoms. The van der Waals surface area contributed by atoms with E-state index >= 15 is 0 Å². The fourth-order valence-electron chi connectivity index (χ4n) is 3.42. The number of amides is 2. The van der Waals surface area contributed by atoms with Crippen molar-refractivity contribution in [3.8, 4) is 11.5 Å². The monoisotopic (exact) mass is 397 g/mol. The van der Waals surface area contributed by atoms with Gasteiger partial charge in [0.05, 0.1) is 17.9 Å². The maximum absolute atomic E-state index is 12.7. The third-order valence-electron chi connectivity index (χ3n) is 4.95. The Hall–Kier alpha value is -3.42. The quantitative estimate of drug-likeness (QED) is 0.799. The molecule has 0 bridgehead atoms. The summed E-state index contributed by atoms with van der Waals surface area (Å²) in [5, 5.41) is 2.84. The fourth-order valence-corrected chi connectivity index (χ4v) is 3.42. The minimum Gasteiger partial charge on any atom is -0.462 e. The molecule has 4 rings (SSSR count). The van der Waals surface area contributed by atoms with E-state index < -0.39 is 5.97 Å². The first-order valence-corrected chi connectivity index (χ1v) is 9.62. The number of esters is 1. The molecule has 0 unspecified atom stereocenters. The third kappa shape index (κ3) is 4.06. The molecule has 2 aromatic rings. The molecule has 1 N–H and O–H groups in total. The summed E-state index contributed by atoms with van der Waals surface area (Å²) in [5.74, 6) is 1.06. The standard InChI is InChI=1S/C21H23N3O5/c1-2-27-20(25)16-5-3-4-6-17(16)22-21(26)24-11-9-23(10-12-24)15-7-8-18-19(13-15)29-14-28-18/h3-8,13H,2,9-12,14H2,1H3,(H,22,26). The van der Waals surface area contributed by atoms with Crippen molar-refractivity contribution in [2.45, 2.75) is 6.92 Å². The van der Waals surface area contributed by atoms with Gasteiger partial charge in [0, 0.05) is 37.9 Å². The van der Waals surface area contributed by atoms with Gasteiger partial charge in [-0.1, -0.05) is 12.1 Å². The van der Waals surface area contributed by atoms with Gasteiger partial charge in [-0.25, -0.2) is 9.59 Å². The molecule has 0 radical (unpaired) electrons. The van der Waals surface area contributed by atoms with Crippen LogP contribution in [-0.2, 0) is 4.74 Å². The highest BCUT2D eigenvalue weighted by Gasteiger charge is 2.24. The molecular weight excluding hydrogens is 374 g/mol. The van der Waals surface area contributed by atoms with Crippen molar-refractivity contribution >= 4 is 23.4 Å². The van der Waals surface area contributed by atoms with Crippen LogP contribution in [0.5, 0.6) is 11.5 Å². The van der Waals surface area contributed by atoms with E-state index in [2.05, 4.69) is 10.2 Å². The Morgan fingerprint density at radius 2 is 1.79 bits per heavy atom. The second kappa shape index (κ2) is 8.30. The van der Waals surface area contributed by atoms with Gasteiger partial charge in [-0.2, -0.15) is 0 Å². The molecule has 0 aromatic heterocycles. The number of piperazine rings is 1. The summed E-state index contributed by atoms with van der Waals surface area (Å²) in [6.45, 7) is 4.82. The number of carbonyl (C=O) groups is 2. The number of fused-ring (bicyclic) bond motifs is 1. The van der Waals surface area contributed by atoms with Crippen LogP contribution in [0.3, 0.4) is 0 Å². The lowest BCUT2D eigenvalue weighted by Crippen LogP contribution is -2.50. The summed E-state index contributed by atoms with van der Waals surface area (Å²) in [7, 11) is 0. The van der Waals surface area contributed by atoms with Gasteiger partial charge in [-0.3, -0.25) is 0 Å². The summed E-state index contributed by atoms with van der Waals surface area (Å²) in [4.78, 5) is 28.7. The van der Waals surface area contributed by atoms with Gasteiger partial charge in [-0.05, 0) is 31.2 Å². The molecule has 29 heavy (non-hydrogen) atoms. The molecule has 2 aromatic carbocycles. The first-order valence-electron chi connectivity index (χ1n) is 9.62. The smallest absolute Gasteiger partial charge is 0.340 e. The Kier molecular flexibility index (Phi) is 5.41. The Morgan fingerprint density at radius 3 is 2.59 bits per heavy atom. The second-order valence-corrected chi connectivity index (χ2v) is 6.71. The van der Waals surface area contributed by atoms with Crippen molar-refractivity contribution in [1.29, 1.82) is 0 Å². The Bertz CT molecular complexity index is 909. The number of hydrogen-bond acceptors (Lipinski definition) is 6. The number of benzene rings is 2. The number of rotatable bonds is 4. The van der Waals surface area contributed by atoms with Crippen LogP contribution < -0.4 is 19.7 Å². The maximum atomic E-state index is 12.7. The third-order valence-corrected chi connectivity index (χ3v) is 4.95.